The quantitative estimate of drug-likeness (QED) is 0.395. The van der Waals surface area contributed by atoms with Gasteiger partial charge in [-0.2, -0.15) is 0 Å². The Morgan fingerprint density at radius 2 is 1.66 bits per heavy atom. The SMILES string of the molecule is C[C@]12CCC3(O1)C(C(=O)NCc1ccccc1)N(CCCCCCO)C(=O)[C@@H]3[C@H]2C(=O)Nc1ccccc1. The van der Waals surface area contributed by atoms with E-state index in [1.165, 1.54) is 0 Å². The third-order valence-corrected chi connectivity index (χ3v) is 8.47. The third-order valence-electron chi connectivity index (χ3n) is 8.47. The maximum atomic E-state index is 14.0. The van der Waals surface area contributed by atoms with Crippen molar-refractivity contribution in [1.29, 1.82) is 0 Å². The third kappa shape index (κ3) is 4.71. The molecule has 5 atom stereocenters. The van der Waals surface area contributed by atoms with Crippen molar-refractivity contribution in [2.45, 2.75) is 69.2 Å². The highest BCUT2D eigenvalue weighted by atomic mass is 16.5. The first-order valence-electron chi connectivity index (χ1n) is 13.7. The van der Waals surface area contributed by atoms with Gasteiger partial charge < -0.3 is 25.4 Å². The maximum absolute atomic E-state index is 14.0. The van der Waals surface area contributed by atoms with E-state index in [1.807, 2.05) is 67.6 Å². The summed E-state index contributed by atoms with van der Waals surface area (Å²) in [6, 6.07) is 18.1. The number of amides is 3. The standard InChI is InChI=1S/C30H37N3O5/c1-29-16-17-30(38-29)24(23(29)26(35)32-22-14-8-5-9-15-22)28(37)33(18-10-2-3-11-19-34)25(30)27(36)31-20-21-12-6-4-7-13-21/h4-9,12-15,23-25,34H,2-3,10-11,16-20H2,1H3,(H,31,36)(H,32,35)/t23-,24-,25?,29+,30?/m0/s1. The van der Waals surface area contributed by atoms with Crippen LogP contribution in [-0.2, 0) is 25.7 Å². The van der Waals surface area contributed by atoms with Crippen molar-refractivity contribution < 1.29 is 24.2 Å². The van der Waals surface area contributed by atoms with Crippen molar-refractivity contribution in [1.82, 2.24) is 10.2 Å². The van der Waals surface area contributed by atoms with Gasteiger partial charge in [0.15, 0.2) is 0 Å². The molecule has 2 aromatic carbocycles. The number of likely N-dealkylation sites (tertiary alicyclic amines) is 1. The number of fused-ring (bicyclic) bond motifs is 1. The van der Waals surface area contributed by atoms with Crippen LogP contribution in [-0.4, -0.2) is 58.1 Å². The minimum absolute atomic E-state index is 0.142. The van der Waals surface area contributed by atoms with Gasteiger partial charge in [0.2, 0.25) is 17.7 Å². The summed E-state index contributed by atoms with van der Waals surface area (Å²) in [6.45, 7) is 2.81. The van der Waals surface area contributed by atoms with Gasteiger partial charge in [0.25, 0.3) is 0 Å². The molecular weight excluding hydrogens is 482 g/mol. The van der Waals surface area contributed by atoms with Crippen molar-refractivity contribution in [3.8, 4) is 0 Å². The number of rotatable bonds is 11. The Morgan fingerprint density at radius 1 is 0.974 bits per heavy atom. The molecule has 3 fully saturated rings. The molecule has 3 N–H and O–H groups in total. The lowest BCUT2D eigenvalue weighted by atomic mass is 9.66. The molecule has 2 aromatic rings. The highest BCUT2D eigenvalue weighted by Gasteiger charge is 2.77. The predicted octanol–water partition coefficient (Wildman–Crippen LogP) is 3.26. The van der Waals surface area contributed by atoms with Gasteiger partial charge in [0.1, 0.15) is 11.6 Å². The molecule has 0 aliphatic carbocycles. The van der Waals surface area contributed by atoms with E-state index in [4.69, 9.17) is 9.84 Å². The maximum Gasteiger partial charge on any atom is 0.246 e. The number of para-hydroxylation sites is 1. The summed E-state index contributed by atoms with van der Waals surface area (Å²) in [5.41, 5.74) is -0.208. The summed E-state index contributed by atoms with van der Waals surface area (Å²) in [5.74, 6) is -2.06. The van der Waals surface area contributed by atoms with Crippen LogP contribution in [0.5, 0.6) is 0 Å². The Hall–Kier alpha value is -3.23. The van der Waals surface area contributed by atoms with Gasteiger partial charge in [-0.1, -0.05) is 61.4 Å². The first-order chi connectivity index (χ1) is 18.4. The molecule has 5 rings (SSSR count). The molecule has 1 spiro atoms. The molecule has 3 aliphatic heterocycles. The zero-order valence-electron chi connectivity index (χ0n) is 21.9. The van der Waals surface area contributed by atoms with Crippen LogP contribution in [0.1, 0.15) is 51.0 Å². The van der Waals surface area contributed by atoms with E-state index in [1.54, 1.807) is 4.90 Å². The van der Waals surface area contributed by atoms with E-state index in [0.717, 1.165) is 24.8 Å². The van der Waals surface area contributed by atoms with Gasteiger partial charge in [-0.05, 0) is 50.3 Å². The molecule has 3 heterocycles. The van der Waals surface area contributed by atoms with Crippen molar-refractivity contribution in [3.63, 3.8) is 0 Å². The Balaban J connectivity index is 1.41. The molecule has 3 amide bonds. The summed E-state index contributed by atoms with van der Waals surface area (Å²) in [4.78, 5) is 43.1. The molecule has 8 heteroatoms. The fraction of sp³-hybridized carbons (Fsp3) is 0.500. The number of aliphatic hydroxyl groups excluding tert-OH is 1. The highest BCUT2D eigenvalue weighted by molar-refractivity contribution is 6.02. The zero-order chi connectivity index (χ0) is 26.8. The smallest absolute Gasteiger partial charge is 0.246 e. The normalized spacial score (nSPS) is 29.4. The number of carbonyl (C=O) groups is 3. The van der Waals surface area contributed by atoms with Crippen LogP contribution in [0.2, 0.25) is 0 Å². The topological polar surface area (TPSA) is 108 Å². The molecule has 2 unspecified atom stereocenters. The second kappa shape index (κ2) is 10.9. The largest absolute Gasteiger partial charge is 0.396 e. The van der Waals surface area contributed by atoms with Gasteiger partial charge in [-0.25, -0.2) is 0 Å². The number of anilines is 1. The van der Waals surface area contributed by atoms with Gasteiger partial charge >= 0.3 is 0 Å². The summed E-state index contributed by atoms with van der Waals surface area (Å²) < 4.78 is 6.66. The number of hydrogen-bond donors (Lipinski definition) is 3. The Morgan fingerprint density at radius 3 is 2.37 bits per heavy atom. The average molecular weight is 520 g/mol. The number of aliphatic hydroxyl groups is 1. The summed E-state index contributed by atoms with van der Waals surface area (Å²) >= 11 is 0. The number of carbonyl (C=O) groups excluding carboxylic acids is 3. The molecule has 0 saturated carbocycles. The van der Waals surface area contributed by atoms with Crippen molar-refractivity contribution in [2.75, 3.05) is 18.5 Å². The number of benzene rings is 2. The molecule has 38 heavy (non-hydrogen) atoms. The van der Waals surface area contributed by atoms with Gasteiger partial charge in [0.05, 0.1) is 17.4 Å². The highest BCUT2D eigenvalue weighted by Crippen LogP contribution is 2.63. The summed E-state index contributed by atoms with van der Waals surface area (Å²) in [7, 11) is 0. The summed E-state index contributed by atoms with van der Waals surface area (Å²) in [6.07, 6.45) is 4.29. The van der Waals surface area contributed by atoms with Crippen LogP contribution in [0.4, 0.5) is 5.69 Å². The number of ether oxygens (including phenoxy) is 1. The van der Waals surface area contributed by atoms with E-state index in [2.05, 4.69) is 10.6 Å². The van der Waals surface area contributed by atoms with Crippen LogP contribution in [0, 0.1) is 11.8 Å². The van der Waals surface area contributed by atoms with E-state index >= 15 is 0 Å². The Labute approximate surface area is 223 Å². The molecule has 0 radical (unpaired) electrons. The molecule has 2 bridgehead atoms. The number of unbranched alkanes of at least 4 members (excludes halogenated alkanes) is 3. The zero-order valence-corrected chi connectivity index (χ0v) is 21.9. The lowest BCUT2D eigenvalue weighted by Crippen LogP contribution is -2.55. The van der Waals surface area contributed by atoms with Gasteiger partial charge in [0, 0.05) is 25.4 Å². The van der Waals surface area contributed by atoms with Crippen molar-refractivity contribution in [2.24, 2.45) is 11.8 Å². The predicted molar refractivity (Wildman–Crippen MR) is 143 cm³/mol. The monoisotopic (exact) mass is 519 g/mol. The van der Waals surface area contributed by atoms with E-state index in [-0.39, 0.29) is 24.3 Å². The van der Waals surface area contributed by atoms with Gasteiger partial charge in [-0.15, -0.1) is 0 Å². The van der Waals surface area contributed by atoms with Crippen LogP contribution in [0.15, 0.2) is 60.7 Å². The fourth-order valence-electron chi connectivity index (χ4n) is 6.74. The minimum Gasteiger partial charge on any atom is -0.396 e. The van der Waals surface area contributed by atoms with Crippen molar-refractivity contribution in [3.05, 3.63) is 66.2 Å². The first-order valence-corrected chi connectivity index (χ1v) is 13.7. The number of nitrogens with one attached hydrogen (secondary N) is 2. The van der Waals surface area contributed by atoms with E-state index < -0.39 is 29.1 Å². The second-order valence-corrected chi connectivity index (χ2v) is 11.0. The molecule has 8 nitrogen and oxygen atoms in total. The fourth-order valence-corrected chi connectivity index (χ4v) is 6.74. The van der Waals surface area contributed by atoms with Crippen LogP contribution in [0.25, 0.3) is 0 Å². The molecule has 202 valence electrons. The minimum atomic E-state index is -1.03. The number of hydrogen-bond acceptors (Lipinski definition) is 5. The van der Waals surface area contributed by atoms with Gasteiger partial charge in [-0.3, -0.25) is 14.4 Å². The number of nitrogens with zero attached hydrogens (tertiary/aromatic N) is 1. The van der Waals surface area contributed by atoms with Crippen LogP contribution in [0.3, 0.4) is 0 Å². The Bertz CT molecular complexity index is 1160. The first kappa shape index (κ1) is 26.4. The summed E-state index contributed by atoms with van der Waals surface area (Å²) in [5, 5.41) is 15.1. The molecular formula is C30H37N3O5. The average Bonchev–Trinajstić information content (AvgIpc) is 3.49. The molecule has 3 aliphatic rings. The molecule has 0 aromatic heterocycles. The van der Waals surface area contributed by atoms with Crippen LogP contribution < -0.4 is 10.6 Å². The van der Waals surface area contributed by atoms with E-state index in [9.17, 15) is 14.4 Å². The lowest BCUT2D eigenvalue weighted by Gasteiger charge is -2.33. The van der Waals surface area contributed by atoms with Crippen molar-refractivity contribution >= 4 is 23.4 Å². The van der Waals surface area contributed by atoms with Crippen LogP contribution >= 0.6 is 0 Å². The van der Waals surface area contributed by atoms with E-state index in [0.29, 0.717) is 38.0 Å². The lowest BCUT2D eigenvalue weighted by molar-refractivity contribution is -0.145. The molecule has 3 saturated heterocycles. The second-order valence-electron chi connectivity index (χ2n) is 11.0. The Kier molecular flexibility index (Phi) is 7.54.